The third-order valence-electron chi connectivity index (χ3n) is 2.66. The monoisotopic (exact) mass is 354 g/mol. The van der Waals surface area contributed by atoms with Crippen LogP contribution >= 0.6 is 0 Å². The molecular weight excluding hydrogens is 324 g/mol. The Morgan fingerprint density at radius 1 is 0.667 bits per heavy atom. The quantitative estimate of drug-likeness (QED) is 0.137. The molecule has 0 amide bonds. The lowest BCUT2D eigenvalue weighted by atomic mass is 10.1. The van der Waals surface area contributed by atoms with Crippen molar-refractivity contribution in [2.24, 2.45) is 0 Å². The van der Waals surface area contributed by atoms with Crippen LogP contribution in [0.4, 0.5) is 0 Å². The molecule has 0 aliphatic heterocycles. The molecule has 9 nitrogen and oxygen atoms in total. The average molecular weight is 354 g/mol. The zero-order valence-corrected chi connectivity index (χ0v) is 13.6. The van der Waals surface area contributed by atoms with Gasteiger partial charge in [-0.3, -0.25) is 0 Å². The number of hydrogen-bond donors (Lipinski definition) is 7. The second-order valence-corrected chi connectivity index (χ2v) is 4.78. The molecule has 7 N–H and O–H groups in total. The summed E-state index contributed by atoms with van der Waals surface area (Å²) in [6, 6.07) is 0. The summed E-state index contributed by atoms with van der Waals surface area (Å²) in [6.45, 7) is 6.23. The van der Waals surface area contributed by atoms with Gasteiger partial charge in [-0.15, -0.1) is 13.2 Å². The second kappa shape index (κ2) is 17.0. The minimum Gasteiger partial charge on any atom is -0.394 e. The van der Waals surface area contributed by atoms with E-state index in [-0.39, 0.29) is 19.8 Å². The lowest BCUT2D eigenvalue weighted by Gasteiger charge is -2.20. The standard InChI is InChI=1S/C8H16O5.C7H14O4/c1-2-3-13-5-7(11)8(12)6(10)4-9;1-2-3-11-5-7(10)6(9)4-8/h2,6-12H,1,3-5H2;2,6-10H,1,3-5H2. The molecule has 0 bridgehead atoms. The van der Waals surface area contributed by atoms with Crippen molar-refractivity contribution < 1.29 is 45.2 Å². The van der Waals surface area contributed by atoms with Gasteiger partial charge in [0.15, 0.2) is 0 Å². The molecule has 5 atom stereocenters. The highest BCUT2D eigenvalue weighted by Crippen LogP contribution is 2.00. The van der Waals surface area contributed by atoms with E-state index >= 15 is 0 Å². The van der Waals surface area contributed by atoms with Gasteiger partial charge in [0.2, 0.25) is 0 Å². The van der Waals surface area contributed by atoms with Gasteiger partial charge in [-0.2, -0.15) is 0 Å². The van der Waals surface area contributed by atoms with Crippen LogP contribution in [0.25, 0.3) is 0 Å². The number of aliphatic hydroxyl groups excluding tert-OH is 7. The average Bonchev–Trinajstić information content (AvgIpc) is 2.60. The lowest BCUT2D eigenvalue weighted by molar-refractivity contribution is -0.0974. The Kier molecular flexibility index (Phi) is 17.9. The zero-order chi connectivity index (χ0) is 19.0. The number of ether oxygens (including phenoxy) is 2. The molecule has 24 heavy (non-hydrogen) atoms. The Morgan fingerprint density at radius 3 is 1.46 bits per heavy atom. The summed E-state index contributed by atoms with van der Waals surface area (Å²) in [5.74, 6) is 0. The van der Waals surface area contributed by atoms with Crippen LogP contribution < -0.4 is 0 Å². The normalized spacial score (nSPS) is 17.0. The number of aliphatic hydroxyl groups is 7. The third-order valence-corrected chi connectivity index (χ3v) is 2.66. The number of hydrogen-bond acceptors (Lipinski definition) is 9. The van der Waals surface area contributed by atoms with Gasteiger partial charge in [0, 0.05) is 0 Å². The van der Waals surface area contributed by atoms with Gasteiger partial charge in [-0.25, -0.2) is 0 Å². The summed E-state index contributed by atoms with van der Waals surface area (Å²) in [4.78, 5) is 0. The largest absolute Gasteiger partial charge is 0.394 e. The maximum absolute atomic E-state index is 9.17. The Hall–Kier alpha value is -0.880. The van der Waals surface area contributed by atoms with E-state index in [1.165, 1.54) is 12.2 Å². The molecule has 0 heterocycles. The van der Waals surface area contributed by atoms with Crippen molar-refractivity contribution in [3.63, 3.8) is 0 Å². The molecule has 0 aliphatic carbocycles. The van der Waals surface area contributed by atoms with Crippen LogP contribution in [-0.2, 0) is 9.47 Å². The topological polar surface area (TPSA) is 160 Å². The van der Waals surface area contributed by atoms with Crippen LogP contribution in [0.3, 0.4) is 0 Å². The minimum absolute atomic E-state index is 0.00769. The molecule has 0 aliphatic rings. The Labute approximate surface area is 141 Å². The van der Waals surface area contributed by atoms with Crippen molar-refractivity contribution in [1.29, 1.82) is 0 Å². The summed E-state index contributed by atoms with van der Waals surface area (Å²) in [5, 5.41) is 61.8. The summed E-state index contributed by atoms with van der Waals surface area (Å²) in [5.41, 5.74) is 0. The first kappa shape index (κ1) is 25.4. The molecule has 0 rings (SSSR count). The summed E-state index contributed by atoms with van der Waals surface area (Å²) < 4.78 is 9.67. The Morgan fingerprint density at radius 2 is 1.08 bits per heavy atom. The molecule has 9 heteroatoms. The SMILES string of the molecule is C=CCOCC(O)C(O)C(O)CO.C=CCOCC(O)C(O)CO. The summed E-state index contributed by atoms with van der Waals surface area (Å²) in [7, 11) is 0. The van der Waals surface area contributed by atoms with Crippen LogP contribution in [0.5, 0.6) is 0 Å². The molecule has 0 aromatic heterocycles. The summed E-state index contributed by atoms with van der Waals surface area (Å²) in [6.07, 6.45) is -3.06. The van der Waals surface area contributed by atoms with Crippen LogP contribution in [-0.4, -0.2) is 106 Å². The fraction of sp³-hybridized carbons (Fsp3) is 0.733. The van der Waals surface area contributed by atoms with Crippen molar-refractivity contribution in [3.8, 4) is 0 Å². The first-order valence-corrected chi connectivity index (χ1v) is 7.34. The Balaban J connectivity index is 0. The zero-order valence-electron chi connectivity index (χ0n) is 13.6. The van der Waals surface area contributed by atoms with Gasteiger partial charge in [0.1, 0.15) is 30.5 Å². The molecule has 5 unspecified atom stereocenters. The number of rotatable bonds is 13. The van der Waals surface area contributed by atoms with E-state index in [9.17, 15) is 0 Å². The minimum atomic E-state index is -1.39. The fourth-order valence-electron chi connectivity index (χ4n) is 1.24. The van der Waals surface area contributed by atoms with Crippen molar-refractivity contribution in [1.82, 2.24) is 0 Å². The second-order valence-electron chi connectivity index (χ2n) is 4.78. The van der Waals surface area contributed by atoms with E-state index in [4.69, 9.17) is 45.2 Å². The van der Waals surface area contributed by atoms with Crippen LogP contribution in [0.1, 0.15) is 0 Å². The van der Waals surface area contributed by atoms with Gasteiger partial charge >= 0.3 is 0 Å². The van der Waals surface area contributed by atoms with E-state index in [1.807, 2.05) is 0 Å². The van der Waals surface area contributed by atoms with Gasteiger partial charge in [-0.1, -0.05) is 12.2 Å². The van der Waals surface area contributed by atoms with E-state index in [2.05, 4.69) is 13.2 Å². The van der Waals surface area contributed by atoms with E-state index in [0.717, 1.165) is 0 Å². The Bertz CT molecular complexity index is 301. The molecule has 144 valence electrons. The van der Waals surface area contributed by atoms with Gasteiger partial charge in [0.05, 0.1) is 39.6 Å². The van der Waals surface area contributed by atoms with Crippen molar-refractivity contribution in [2.45, 2.75) is 30.5 Å². The molecule has 0 radical (unpaired) electrons. The molecule has 0 saturated heterocycles. The van der Waals surface area contributed by atoms with E-state index in [0.29, 0.717) is 6.61 Å². The maximum Gasteiger partial charge on any atom is 0.110 e. The highest BCUT2D eigenvalue weighted by atomic mass is 16.5. The van der Waals surface area contributed by atoms with Gasteiger partial charge < -0.3 is 45.2 Å². The van der Waals surface area contributed by atoms with Crippen molar-refractivity contribution >= 4 is 0 Å². The fourth-order valence-corrected chi connectivity index (χ4v) is 1.24. The maximum atomic E-state index is 9.17. The smallest absolute Gasteiger partial charge is 0.110 e. The van der Waals surface area contributed by atoms with Gasteiger partial charge in [0.25, 0.3) is 0 Å². The van der Waals surface area contributed by atoms with Crippen LogP contribution in [0.15, 0.2) is 25.3 Å². The van der Waals surface area contributed by atoms with Crippen LogP contribution in [0.2, 0.25) is 0 Å². The first-order valence-electron chi connectivity index (χ1n) is 7.34. The molecule has 0 aromatic carbocycles. The molecule has 0 aromatic rings. The van der Waals surface area contributed by atoms with E-state index < -0.39 is 43.7 Å². The molecule has 0 spiro atoms. The lowest BCUT2D eigenvalue weighted by Crippen LogP contribution is -2.41. The van der Waals surface area contributed by atoms with Crippen molar-refractivity contribution in [2.75, 3.05) is 39.6 Å². The predicted molar refractivity (Wildman–Crippen MR) is 86.2 cm³/mol. The van der Waals surface area contributed by atoms with Crippen molar-refractivity contribution in [3.05, 3.63) is 25.3 Å². The predicted octanol–water partition coefficient (Wildman–Crippen LogP) is -2.83. The van der Waals surface area contributed by atoms with Crippen LogP contribution in [0, 0.1) is 0 Å². The molecular formula is C15H30O9. The summed E-state index contributed by atoms with van der Waals surface area (Å²) >= 11 is 0. The first-order chi connectivity index (χ1) is 11.3. The highest BCUT2D eigenvalue weighted by Gasteiger charge is 2.23. The molecule has 0 fully saturated rings. The third kappa shape index (κ3) is 13.5. The highest BCUT2D eigenvalue weighted by molar-refractivity contribution is 4.75. The molecule has 0 saturated carbocycles. The van der Waals surface area contributed by atoms with Gasteiger partial charge in [-0.05, 0) is 0 Å². The van der Waals surface area contributed by atoms with E-state index in [1.54, 1.807) is 0 Å².